The predicted octanol–water partition coefficient (Wildman–Crippen LogP) is 3.55. The Hall–Kier alpha value is -4.00. The number of benzene rings is 2. The van der Waals surface area contributed by atoms with Crippen LogP contribution in [0.1, 0.15) is 22.7 Å². The normalized spacial score (nSPS) is 18.0. The zero-order valence-corrected chi connectivity index (χ0v) is 15.7. The highest BCUT2D eigenvalue weighted by molar-refractivity contribution is 6.46. The van der Waals surface area contributed by atoms with Crippen LogP contribution in [-0.2, 0) is 16.1 Å². The minimum absolute atomic E-state index is 0.0261. The number of aliphatic hydroxyl groups is 1. The number of carbonyl (C=O) groups excluding carboxylic acids is 2. The molecule has 0 bridgehead atoms. The van der Waals surface area contributed by atoms with Gasteiger partial charge >= 0.3 is 0 Å². The number of Topliss-reactive ketones (excluding diaryl/α,β-unsaturated/α-hetero) is 1. The number of likely N-dealkylation sites (tertiary alicyclic amines) is 1. The number of pyridine rings is 1. The van der Waals surface area contributed by atoms with Gasteiger partial charge in [0.1, 0.15) is 17.3 Å². The van der Waals surface area contributed by atoms with E-state index in [2.05, 4.69) is 4.98 Å². The summed E-state index contributed by atoms with van der Waals surface area (Å²) in [7, 11) is 0. The molecule has 2 aromatic carbocycles. The second-order valence-corrected chi connectivity index (χ2v) is 6.88. The van der Waals surface area contributed by atoms with Crippen LogP contribution in [0.25, 0.3) is 5.76 Å². The van der Waals surface area contributed by atoms with E-state index in [0.29, 0.717) is 16.7 Å². The van der Waals surface area contributed by atoms with E-state index >= 15 is 0 Å². The lowest BCUT2D eigenvalue weighted by Gasteiger charge is -2.25. The number of amides is 1. The summed E-state index contributed by atoms with van der Waals surface area (Å²) in [6.07, 6.45) is 2.93. The summed E-state index contributed by atoms with van der Waals surface area (Å²) in [4.78, 5) is 31.0. The lowest BCUT2D eigenvalue weighted by atomic mass is 9.95. The van der Waals surface area contributed by atoms with Gasteiger partial charge in [0.25, 0.3) is 11.7 Å². The molecule has 0 radical (unpaired) electrons. The second kappa shape index (κ2) is 7.79. The highest BCUT2D eigenvalue weighted by Gasteiger charge is 2.46. The number of rotatable bonds is 4. The van der Waals surface area contributed by atoms with Gasteiger partial charge in [-0.05, 0) is 47.5 Å². The number of phenols is 1. The van der Waals surface area contributed by atoms with Gasteiger partial charge in [-0.3, -0.25) is 14.6 Å². The minimum atomic E-state index is -0.921. The van der Waals surface area contributed by atoms with Gasteiger partial charge in [-0.1, -0.05) is 24.3 Å². The van der Waals surface area contributed by atoms with Crippen LogP contribution in [0.4, 0.5) is 4.39 Å². The Morgan fingerprint density at radius 2 is 1.73 bits per heavy atom. The van der Waals surface area contributed by atoms with Crippen molar-refractivity contribution in [2.75, 3.05) is 0 Å². The molecule has 4 rings (SSSR count). The molecule has 150 valence electrons. The number of aromatic nitrogens is 1. The Kier molecular flexibility index (Phi) is 5.02. The summed E-state index contributed by atoms with van der Waals surface area (Å²) < 4.78 is 13.3. The molecular weight excluding hydrogens is 387 g/mol. The third-order valence-corrected chi connectivity index (χ3v) is 4.95. The average molecular weight is 404 g/mol. The Bertz CT molecular complexity index is 1140. The van der Waals surface area contributed by atoms with E-state index < -0.39 is 23.5 Å². The smallest absolute Gasteiger partial charge is 0.295 e. The van der Waals surface area contributed by atoms with E-state index in [1.807, 2.05) is 0 Å². The summed E-state index contributed by atoms with van der Waals surface area (Å²) in [5.41, 5.74) is 1.34. The number of halogens is 1. The van der Waals surface area contributed by atoms with Gasteiger partial charge in [0.15, 0.2) is 0 Å². The van der Waals surface area contributed by atoms with Crippen LogP contribution in [0, 0.1) is 5.82 Å². The SMILES string of the molecule is O=C1C(=O)N(Cc2ccc(F)cc2)C(c2cccc(O)c2)/C1=C(/O)c1ccncc1. The van der Waals surface area contributed by atoms with Crippen LogP contribution in [0.15, 0.2) is 78.6 Å². The zero-order valence-electron chi connectivity index (χ0n) is 15.7. The number of aromatic hydroxyl groups is 1. The van der Waals surface area contributed by atoms with Crippen molar-refractivity contribution < 1.29 is 24.2 Å². The third-order valence-electron chi connectivity index (χ3n) is 4.95. The zero-order chi connectivity index (χ0) is 21.3. The number of nitrogens with zero attached hydrogens (tertiary/aromatic N) is 2. The first-order valence-electron chi connectivity index (χ1n) is 9.18. The quantitative estimate of drug-likeness (QED) is 0.394. The summed E-state index contributed by atoms with van der Waals surface area (Å²) in [6.45, 7) is 0.0261. The number of hydrogen-bond acceptors (Lipinski definition) is 5. The maximum Gasteiger partial charge on any atom is 0.295 e. The van der Waals surface area contributed by atoms with Crippen LogP contribution in [-0.4, -0.2) is 31.8 Å². The van der Waals surface area contributed by atoms with Crippen molar-refractivity contribution in [1.29, 1.82) is 0 Å². The average Bonchev–Trinajstić information content (AvgIpc) is 3.00. The van der Waals surface area contributed by atoms with Gasteiger partial charge in [-0.15, -0.1) is 0 Å². The summed E-state index contributed by atoms with van der Waals surface area (Å²) in [6, 6.07) is 13.9. The number of aliphatic hydroxyl groups excluding tert-OH is 1. The maximum atomic E-state index is 13.3. The fraction of sp³-hybridized carbons (Fsp3) is 0.0870. The van der Waals surface area contributed by atoms with Crippen molar-refractivity contribution in [3.63, 3.8) is 0 Å². The molecule has 2 heterocycles. The Morgan fingerprint density at radius 1 is 1.03 bits per heavy atom. The molecule has 1 fully saturated rings. The predicted molar refractivity (Wildman–Crippen MR) is 107 cm³/mol. The number of hydrogen-bond donors (Lipinski definition) is 2. The van der Waals surface area contributed by atoms with Crippen molar-refractivity contribution in [2.24, 2.45) is 0 Å². The Balaban J connectivity index is 1.86. The molecule has 1 aliphatic rings. The largest absolute Gasteiger partial charge is 0.508 e. The fourth-order valence-corrected chi connectivity index (χ4v) is 3.54. The molecule has 1 unspecified atom stereocenters. The third kappa shape index (κ3) is 3.53. The van der Waals surface area contributed by atoms with Gasteiger partial charge in [0.05, 0.1) is 11.6 Å². The first-order chi connectivity index (χ1) is 14.5. The van der Waals surface area contributed by atoms with E-state index in [4.69, 9.17) is 0 Å². The summed E-state index contributed by atoms with van der Waals surface area (Å²) in [5, 5.41) is 20.8. The maximum absolute atomic E-state index is 13.3. The molecule has 30 heavy (non-hydrogen) atoms. The molecule has 1 atom stereocenters. The van der Waals surface area contributed by atoms with E-state index in [1.165, 1.54) is 65.8 Å². The van der Waals surface area contributed by atoms with Crippen LogP contribution >= 0.6 is 0 Å². The lowest BCUT2D eigenvalue weighted by Crippen LogP contribution is -2.29. The highest BCUT2D eigenvalue weighted by atomic mass is 19.1. The van der Waals surface area contributed by atoms with Gasteiger partial charge in [-0.2, -0.15) is 0 Å². The molecule has 7 heteroatoms. The van der Waals surface area contributed by atoms with Crippen molar-refractivity contribution in [3.05, 3.63) is 101 Å². The molecule has 1 amide bonds. The van der Waals surface area contributed by atoms with Crippen LogP contribution in [0.5, 0.6) is 5.75 Å². The van der Waals surface area contributed by atoms with Crippen molar-refractivity contribution in [2.45, 2.75) is 12.6 Å². The van der Waals surface area contributed by atoms with Crippen molar-refractivity contribution in [1.82, 2.24) is 9.88 Å². The molecule has 1 aromatic heterocycles. The second-order valence-electron chi connectivity index (χ2n) is 6.88. The first-order valence-corrected chi connectivity index (χ1v) is 9.18. The van der Waals surface area contributed by atoms with E-state index in [1.54, 1.807) is 12.1 Å². The van der Waals surface area contributed by atoms with Crippen LogP contribution in [0.2, 0.25) is 0 Å². The molecule has 0 aliphatic carbocycles. The molecular formula is C23H17FN2O4. The number of phenolic OH excluding ortho intramolecular Hbond substituents is 1. The number of ketones is 1. The molecule has 0 saturated carbocycles. The minimum Gasteiger partial charge on any atom is -0.508 e. The standard InChI is InChI=1S/C23H17FN2O4/c24-17-6-4-14(5-7-17)13-26-20(16-2-1-3-18(27)12-16)19(22(29)23(26)30)21(28)15-8-10-25-11-9-15/h1-12,20,27-28H,13H2/b21-19-. The van der Waals surface area contributed by atoms with Crippen molar-refractivity contribution in [3.8, 4) is 5.75 Å². The molecule has 1 saturated heterocycles. The lowest BCUT2D eigenvalue weighted by molar-refractivity contribution is -0.140. The van der Waals surface area contributed by atoms with Crippen LogP contribution < -0.4 is 0 Å². The van der Waals surface area contributed by atoms with E-state index in [0.717, 1.165) is 0 Å². The van der Waals surface area contributed by atoms with Gasteiger partial charge in [0.2, 0.25) is 0 Å². The van der Waals surface area contributed by atoms with Gasteiger partial charge < -0.3 is 15.1 Å². The number of carbonyl (C=O) groups is 2. The Labute approximate surface area is 171 Å². The van der Waals surface area contributed by atoms with E-state index in [-0.39, 0.29) is 23.6 Å². The topological polar surface area (TPSA) is 90.7 Å². The highest BCUT2D eigenvalue weighted by Crippen LogP contribution is 2.40. The fourth-order valence-electron chi connectivity index (χ4n) is 3.54. The summed E-state index contributed by atoms with van der Waals surface area (Å²) in [5.74, 6) is -2.40. The van der Waals surface area contributed by atoms with Gasteiger partial charge in [0, 0.05) is 24.5 Å². The first kappa shape index (κ1) is 19.3. The van der Waals surface area contributed by atoms with E-state index in [9.17, 15) is 24.2 Å². The van der Waals surface area contributed by atoms with Gasteiger partial charge in [-0.25, -0.2) is 4.39 Å². The molecule has 0 spiro atoms. The molecule has 6 nitrogen and oxygen atoms in total. The monoisotopic (exact) mass is 404 g/mol. The molecule has 2 N–H and O–H groups in total. The van der Waals surface area contributed by atoms with Crippen LogP contribution in [0.3, 0.4) is 0 Å². The Morgan fingerprint density at radius 3 is 2.40 bits per heavy atom. The molecule has 1 aliphatic heterocycles. The summed E-state index contributed by atoms with van der Waals surface area (Å²) >= 11 is 0. The van der Waals surface area contributed by atoms with Crippen molar-refractivity contribution >= 4 is 17.4 Å². The molecule has 3 aromatic rings.